The quantitative estimate of drug-likeness (QED) is 0.913. The molecule has 2 aromatic rings. The predicted octanol–water partition coefficient (Wildman–Crippen LogP) is 2.60. The van der Waals surface area contributed by atoms with Gasteiger partial charge in [-0.3, -0.25) is 5.10 Å². The summed E-state index contributed by atoms with van der Waals surface area (Å²) in [7, 11) is 0. The zero-order valence-corrected chi connectivity index (χ0v) is 12.2. The van der Waals surface area contributed by atoms with Crippen LogP contribution in [0, 0.1) is 11.6 Å². The normalized spacial score (nSPS) is 18.5. The molecule has 2 heterocycles. The molecule has 3 rings (SSSR count). The largest absolute Gasteiger partial charge is 0.387 e. The number of nitrogens with one attached hydrogen (secondary N) is 1. The van der Waals surface area contributed by atoms with Crippen molar-refractivity contribution in [3.05, 3.63) is 53.4 Å². The third kappa shape index (κ3) is 3.34. The Morgan fingerprint density at radius 3 is 2.68 bits per heavy atom. The molecule has 1 saturated heterocycles. The highest BCUT2D eigenvalue weighted by Gasteiger charge is 2.24. The summed E-state index contributed by atoms with van der Waals surface area (Å²) < 4.78 is 26.6. The minimum atomic E-state index is -0.940. The molecular formula is C16H19F2N3O. The van der Waals surface area contributed by atoms with E-state index in [4.69, 9.17) is 0 Å². The fraction of sp³-hybridized carbons (Fsp3) is 0.438. The van der Waals surface area contributed by atoms with Gasteiger partial charge in [-0.1, -0.05) is 6.07 Å². The van der Waals surface area contributed by atoms with E-state index < -0.39 is 17.7 Å². The van der Waals surface area contributed by atoms with Crippen LogP contribution in [0.25, 0.3) is 0 Å². The number of β-amino-alcohol motifs (C(OH)–C–C–N with tert-alkyl or cyclic N) is 1. The third-order valence-corrected chi connectivity index (χ3v) is 4.30. The van der Waals surface area contributed by atoms with Gasteiger partial charge in [0.25, 0.3) is 0 Å². The average molecular weight is 307 g/mol. The summed E-state index contributed by atoms with van der Waals surface area (Å²) in [6, 6.07) is 5.28. The van der Waals surface area contributed by atoms with Crippen LogP contribution in [-0.2, 0) is 0 Å². The molecule has 0 bridgehead atoms. The van der Waals surface area contributed by atoms with Gasteiger partial charge >= 0.3 is 0 Å². The number of aliphatic hydroxyl groups is 1. The Hall–Kier alpha value is -1.79. The maximum atomic E-state index is 13.7. The first-order valence-electron chi connectivity index (χ1n) is 7.48. The number of benzene rings is 1. The topological polar surface area (TPSA) is 52.1 Å². The van der Waals surface area contributed by atoms with Crippen molar-refractivity contribution in [3.63, 3.8) is 0 Å². The minimum Gasteiger partial charge on any atom is -0.387 e. The Morgan fingerprint density at radius 1 is 1.27 bits per heavy atom. The Bertz CT molecular complexity index is 610. The number of rotatable bonds is 4. The number of aromatic amines is 1. The Morgan fingerprint density at radius 2 is 2.05 bits per heavy atom. The highest BCUT2D eigenvalue weighted by Crippen LogP contribution is 2.28. The zero-order chi connectivity index (χ0) is 15.5. The van der Waals surface area contributed by atoms with Crippen LogP contribution in [0.5, 0.6) is 0 Å². The number of hydrogen-bond donors (Lipinski definition) is 2. The molecule has 6 heteroatoms. The van der Waals surface area contributed by atoms with Gasteiger partial charge in [0, 0.05) is 36.0 Å². The van der Waals surface area contributed by atoms with Gasteiger partial charge in [-0.05, 0) is 38.1 Å². The van der Waals surface area contributed by atoms with E-state index in [0.717, 1.165) is 37.7 Å². The van der Waals surface area contributed by atoms with Gasteiger partial charge in [0.05, 0.1) is 6.10 Å². The van der Waals surface area contributed by atoms with Gasteiger partial charge in [-0.15, -0.1) is 0 Å². The van der Waals surface area contributed by atoms with E-state index in [1.165, 1.54) is 12.1 Å². The van der Waals surface area contributed by atoms with Crippen LogP contribution < -0.4 is 0 Å². The van der Waals surface area contributed by atoms with E-state index in [9.17, 15) is 13.9 Å². The number of piperidine rings is 1. The van der Waals surface area contributed by atoms with Crippen LogP contribution in [0.4, 0.5) is 8.78 Å². The highest BCUT2D eigenvalue weighted by molar-refractivity contribution is 5.21. The van der Waals surface area contributed by atoms with Gasteiger partial charge < -0.3 is 10.0 Å². The summed E-state index contributed by atoms with van der Waals surface area (Å²) in [6.45, 7) is 2.03. The lowest BCUT2D eigenvalue weighted by atomic mass is 9.93. The number of H-pyrrole nitrogens is 1. The Labute approximate surface area is 127 Å². The Balaban J connectivity index is 1.56. The molecule has 1 atom stereocenters. The molecule has 22 heavy (non-hydrogen) atoms. The fourth-order valence-corrected chi connectivity index (χ4v) is 3.04. The Kier molecular flexibility index (Phi) is 4.49. The fourth-order valence-electron chi connectivity index (χ4n) is 3.04. The number of nitrogens with zero attached hydrogens (tertiary/aromatic N) is 2. The van der Waals surface area contributed by atoms with Gasteiger partial charge in [0.2, 0.25) is 0 Å². The maximum Gasteiger partial charge on any atom is 0.131 e. The van der Waals surface area contributed by atoms with Crippen molar-refractivity contribution in [1.29, 1.82) is 0 Å². The van der Waals surface area contributed by atoms with E-state index in [2.05, 4.69) is 15.1 Å². The molecule has 0 amide bonds. The summed E-state index contributed by atoms with van der Waals surface area (Å²) in [5.41, 5.74) is 1.29. The van der Waals surface area contributed by atoms with Crippen LogP contribution in [0.15, 0.2) is 30.5 Å². The summed E-state index contributed by atoms with van der Waals surface area (Å²) in [6.07, 6.45) is 2.76. The molecule has 1 fully saturated rings. The van der Waals surface area contributed by atoms with Crippen molar-refractivity contribution in [2.75, 3.05) is 19.6 Å². The number of hydrogen-bond acceptors (Lipinski definition) is 3. The van der Waals surface area contributed by atoms with Gasteiger partial charge in [-0.2, -0.15) is 5.10 Å². The van der Waals surface area contributed by atoms with E-state index in [0.29, 0.717) is 12.5 Å². The van der Waals surface area contributed by atoms with E-state index in [-0.39, 0.29) is 5.56 Å². The van der Waals surface area contributed by atoms with Crippen molar-refractivity contribution >= 4 is 0 Å². The summed E-state index contributed by atoms with van der Waals surface area (Å²) in [5.74, 6) is -0.868. The van der Waals surface area contributed by atoms with Crippen molar-refractivity contribution in [2.45, 2.75) is 24.9 Å². The van der Waals surface area contributed by atoms with E-state index in [1.54, 1.807) is 6.20 Å². The van der Waals surface area contributed by atoms with E-state index >= 15 is 0 Å². The second-order valence-corrected chi connectivity index (χ2v) is 5.77. The van der Waals surface area contributed by atoms with Crippen molar-refractivity contribution < 1.29 is 13.9 Å². The van der Waals surface area contributed by atoms with Gasteiger partial charge in [-0.25, -0.2) is 8.78 Å². The van der Waals surface area contributed by atoms with Crippen molar-refractivity contribution in [1.82, 2.24) is 15.1 Å². The molecule has 1 aromatic carbocycles. The minimum absolute atomic E-state index is 0.150. The molecule has 1 aromatic heterocycles. The first-order valence-corrected chi connectivity index (χ1v) is 7.48. The summed E-state index contributed by atoms with van der Waals surface area (Å²) >= 11 is 0. The van der Waals surface area contributed by atoms with Gasteiger partial charge in [0.15, 0.2) is 0 Å². The average Bonchev–Trinajstić information content (AvgIpc) is 3.02. The molecule has 0 aliphatic carbocycles. The maximum absolute atomic E-state index is 13.7. The smallest absolute Gasteiger partial charge is 0.131 e. The lowest BCUT2D eigenvalue weighted by Crippen LogP contribution is -2.36. The summed E-state index contributed by atoms with van der Waals surface area (Å²) in [5, 5.41) is 17.1. The summed E-state index contributed by atoms with van der Waals surface area (Å²) in [4.78, 5) is 2.11. The molecule has 118 valence electrons. The molecule has 0 unspecified atom stereocenters. The van der Waals surface area contributed by atoms with Gasteiger partial charge in [0.1, 0.15) is 11.6 Å². The molecule has 0 spiro atoms. The monoisotopic (exact) mass is 307 g/mol. The molecule has 0 saturated carbocycles. The molecule has 1 aliphatic rings. The van der Waals surface area contributed by atoms with Crippen LogP contribution in [0.1, 0.15) is 36.1 Å². The first-order chi connectivity index (χ1) is 10.6. The lowest BCUT2D eigenvalue weighted by molar-refractivity contribution is 0.0943. The zero-order valence-electron chi connectivity index (χ0n) is 12.2. The highest BCUT2D eigenvalue weighted by atomic mass is 19.1. The SMILES string of the molecule is O[C@@H](CN1CCC(c2ccn[nH]2)CC1)c1ccc(F)cc1F. The van der Waals surface area contributed by atoms with Crippen LogP contribution >= 0.6 is 0 Å². The molecule has 1 aliphatic heterocycles. The predicted molar refractivity (Wildman–Crippen MR) is 78.3 cm³/mol. The molecule has 0 radical (unpaired) electrons. The molecule has 2 N–H and O–H groups in total. The molecule has 4 nitrogen and oxygen atoms in total. The van der Waals surface area contributed by atoms with Crippen molar-refractivity contribution in [3.8, 4) is 0 Å². The number of likely N-dealkylation sites (tertiary alicyclic amines) is 1. The standard InChI is InChI=1S/C16H19F2N3O/c17-12-1-2-13(14(18)9-12)16(22)10-21-7-4-11(5-8-21)15-3-6-19-20-15/h1-3,6,9,11,16,22H,4-5,7-8,10H2,(H,19,20)/t16-/m0/s1. The first kappa shape index (κ1) is 15.1. The van der Waals surface area contributed by atoms with Crippen LogP contribution in [0.2, 0.25) is 0 Å². The van der Waals surface area contributed by atoms with Crippen molar-refractivity contribution in [2.24, 2.45) is 0 Å². The number of aliphatic hydroxyl groups excluding tert-OH is 1. The third-order valence-electron chi connectivity index (χ3n) is 4.30. The second-order valence-electron chi connectivity index (χ2n) is 5.77. The second kappa shape index (κ2) is 6.54. The number of halogens is 2. The number of aromatic nitrogens is 2. The van der Waals surface area contributed by atoms with Crippen LogP contribution in [0.3, 0.4) is 0 Å². The lowest BCUT2D eigenvalue weighted by Gasteiger charge is -2.32. The molecular weight excluding hydrogens is 288 g/mol. The van der Waals surface area contributed by atoms with Crippen LogP contribution in [-0.4, -0.2) is 39.8 Å². The van der Waals surface area contributed by atoms with E-state index in [1.807, 2.05) is 6.07 Å².